The van der Waals surface area contributed by atoms with Crippen LogP contribution in [0.5, 0.6) is 0 Å². The maximum Gasteiger partial charge on any atom is 0.187 e. The van der Waals surface area contributed by atoms with Crippen LogP contribution in [0, 0.1) is 44.8 Å². The summed E-state index contributed by atoms with van der Waals surface area (Å²) in [4.78, 5) is 14.0. The van der Waals surface area contributed by atoms with Crippen molar-refractivity contribution >= 4 is 5.78 Å². The molecule has 0 amide bonds. The van der Waals surface area contributed by atoms with E-state index in [0.29, 0.717) is 19.3 Å². The number of carbonyl (C=O) groups is 1. The van der Waals surface area contributed by atoms with Gasteiger partial charge in [0.15, 0.2) is 12.1 Å². The minimum Gasteiger partial charge on any atom is -0.396 e. The number of carbonyl (C=O) groups excluding carboxylic acids is 1. The second-order valence-corrected chi connectivity index (χ2v) is 17.4. The standard InChI is InChI=1S/C35H57NO10/c1-30(2)10-11-35(36)19(12-30)18-6-7-22-31(3)13-20(40)28(46-29-27(44)26(43)25(42)21(15-37)45-29)34(16-38,17-39)23(31)8-9-32(22,4)33(18,5)14-24(35)41/h6,19-23,25-29,37-40,42-44H,7-17,36H2,1-5H3/t19-,20-,21+,22+,23+,25+,26-,27+,28-,29-,31+,32+,33+,35+/m0/s1. The molecule has 14 atom stereocenters. The highest BCUT2D eigenvalue weighted by Crippen LogP contribution is 2.74. The molecule has 1 aliphatic heterocycles. The Bertz CT molecular complexity index is 1240. The van der Waals surface area contributed by atoms with Crippen molar-refractivity contribution < 1.29 is 50.0 Å². The molecule has 46 heavy (non-hydrogen) atoms. The van der Waals surface area contributed by atoms with Crippen molar-refractivity contribution in [2.45, 2.75) is 134 Å². The van der Waals surface area contributed by atoms with Gasteiger partial charge < -0.3 is 51.0 Å². The first-order chi connectivity index (χ1) is 21.4. The zero-order valence-corrected chi connectivity index (χ0v) is 28.1. The number of allylic oxidation sites excluding steroid dienone is 1. The minimum absolute atomic E-state index is 0.0162. The van der Waals surface area contributed by atoms with Crippen LogP contribution in [-0.4, -0.2) is 110 Å². The summed E-state index contributed by atoms with van der Waals surface area (Å²) < 4.78 is 11.8. The molecule has 262 valence electrons. The molecular weight excluding hydrogens is 594 g/mol. The van der Waals surface area contributed by atoms with Crippen LogP contribution in [0.1, 0.15) is 86.0 Å². The topological polar surface area (TPSA) is 203 Å². The Morgan fingerprint density at radius 2 is 1.59 bits per heavy atom. The van der Waals surface area contributed by atoms with Crippen LogP contribution in [0.2, 0.25) is 0 Å². The molecule has 0 aromatic rings. The van der Waals surface area contributed by atoms with Gasteiger partial charge in [-0.05, 0) is 73.0 Å². The van der Waals surface area contributed by atoms with Gasteiger partial charge in [-0.25, -0.2) is 0 Å². The number of aliphatic hydroxyl groups excluding tert-OH is 7. The van der Waals surface area contributed by atoms with Crippen LogP contribution in [-0.2, 0) is 14.3 Å². The average molecular weight is 652 g/mol. The minimum atomic E-state index is -1.69. The summed E-state index contributed by atoms with van der Waals surface area (Å²) in [5, 5.41) is 75.0. The Hall–Kier alpha value is -0.990. The second kappa shape index (κ2) is 11.3. The summed E-state index contributed by atoms with van der Waals surface area (Å²) in [5.74, 6) is -0.166. The molecule has 1 heterocycles. The molecule has 11 heteroatoms. The molecule has 1 saturated heterocycles. The maximum absolute atomic E-state index is 14.0. The van der Waals surface area contributed by atoms with Crippen molar-refractivity contribution in [3.63, 3.8) is 0 Å². The first kappa shape index (κ1) is 34.9. The lowest BCUT2D eigenvalue weighted by Crippen LogP contribution is -2.72. The highest BCUT2D eigenvalue weighted by molar-refractivity contribution is 5.92. The van der Waals surface area contributed by atoms with E-state index in [2.05, 4.69) is 40.7 Å². The van der Waals surface area contributed by atoms with Gasteiger partial charge in [-0.2, -0.15) is 0 Å². The van der Waals surface area contributed by atoms with Crippen LogP contribution < -0.4 is 5.73 Å². The summed E-state index contributed by atoms with van der Waals surface area (Å²) in [5.41, 5.74) is 4.89. The van der Waals surface area contributed by atoms with Crippen molar-refractivity contribution in [3.05, 3.63) is 11.6 Å². The third kappa shape index (κ3) is 4.56. The van der Waals surface area contributed by atoms with Gasteiger partial charge in [0.1, 0.15) is 24.4 Å². The molecule has 11 nitrogen and oxygen atoms in total. The lowest BCUT2D eigenvalue weighted by molar-refractivity contribution is -0.349. The summed E-state index contributed by atoms with van der Waals surface area (Å²) in [7, 11) is 0. The first-order valence-electron chi connectivity index (χ1n) is 17.3. The van der Waals surface area contributed by atoms with E-state index >= 15 is 0 Å². The molecule has 9 N–H and O–H groups in total. The van der Waals surface area contributed by atoms with Crippen molar-refractivity contribution in [2.75, 3.05) is 19.8 Å². The number of ketones is 1. The molecule has 6 rings (SSSR count). The molecule has 0 spiro atoms. The van der Waals surface area contributed by atoms with Crippen molar-refractivity contribution in [2.24, 2.45) is 50.6 Å². The Labute approximate surface area is 272 Å². The van der Waals surface area contributed by atoms with E-state index in [0.717, 1.165) is 25.7 Å². The molecular formula is C35H57NO10. The SMILES string of the molecule is CC1(C)CC[C@]2(N)C(=O)C[C@]3(C)C(=CC[C@@H]4[C@@]5(C)C[C@H](O)[C@H](O[C@@H]6O[C@H](CO)[C@@H](O)[C@H](O)[C@H]6O)C(CO)(CO)[C@@H]5CC[C@]43C)[C@@H]2C1. The number of ether oxygens (including phenoxy) is 2. The molecule has 0 aromatic heterocycles. The Morgan fingerprint density at radius 1 is 0.913 bits per heavy atom. The number of hydrogen-bond acceptors (Lipinski definition) is 11. The van der Waals surface area contributed by atoms with Gasteiger partial charge in [0.25, 0.3) is 0 Å². The van der Waals surface area contributed by atoms with Crippen LogP contribution in [0.25, 0.3) is 0 Å². The first-order valence-corrected chi connectivity index (χ1v) is 17.3. The number of fused-ring (bicyclic) bond motifs is 7. The van der Waals surface area contributed by atoms with Gasteiger partial charge in [0, 0.05) is 23.2 Å². The fraction of sp³-hybridized carbons (Fsp3) is 0.914. The number of aliphatic hydroxyl groups is 7. The molecule has 5 fully saturated rings. The number of nitrogens with two attached hydrogens (primary N) is 1. The number of Topliss-reactive ketones (excluding diaryl/α,β-unsaturated/α-hetero) is 1. The monoisotopic (exact) mass is 651 g/mol. The number of hydrogen-bond donors (Lipinski definition) is 8. The smallest absolute Gasteiger partial charge is 0.187 e. The maximum atomic E-state index is 14.0. The van der Waals surface area contributed by atoms with E-state index in [4.69, 9.17) is 15.2 Å². The Morgan fingerprint density at radius 3 is 2.22 bits per heavy atom. The Balaban J connectivity index is 1.36. The highest BCUT2D eigenvalue weighted by atomic mass is 16.7. The molecule has 6 aliphatic rings. The van der Waals surface area contributed by atoms with E-state index in [1.54, 1.807) is 0 Å². The van der Waals surface area contributed by atoms with Crippen LogP contribution in [0.15, 0.2) is 11.6 Å². The number of rotatable bonds is 5. The highest BCUT2D eigenvalue weighted by Gasteiger charge is 2.72. The van der Waals surface area contributed by atoms with Crippen molar-refractivity contribution in [1.29, 1.82) is 0 Å². The molecule has 4 saturated carbocycles. The summed E-state index contributed by atoms with van der Waals surface area (Å²) >= 11 is 0. The van der Waals surface area contributed by atoms with Gasteiger partial charge in [0.05, 0.1) is 37.6 Å². The molecule has 5 aliphatic carbocycles. The third-order valence-corrected chi connectivity index (χ3v) is 14.8. The average Bonchev–Trinajstić information content (AvgIpc) is 2.99. The van der Waals surface area contributed by atoms with Gasteiger partial charge in [-0.15, -0.1) is 0 Å². The fourth-order valence-electron chi connectivity index (χ4n) is 11.9. The summed E-state index contributed by atoms with van der Waals surface area (Å²) in [6, 6.07) is 0. The quantitative estimate of drug-likeness (QED) is 0.154. The third-order valence-electron chi connectivity index (χ3n) is 14.8. The molecule has 0 aromatic carbocycles. The van der Waals surface area contributed by atoms with E-state index in [1.165, 1.54) is 5.57 Å². The predicted molar refractivity (Wildman–Crippen MR) is 167 cm³/mol. The Kier molecular flexibility index (Phi) is 8.54. The molecule has 0 bridgehead atoms. The second-order valence-electron chi connectivity index (χ2n) is 17.4. The van der Waals surface area contributed by atoms with Crippen molar-refractivity contribution in [3.8, 4) is 0 Å². The van der Waals surface area contributed by atoms with E-state index in [1.807, 2.05) is 0 Å². The van der Waals surface area contributed by atoms with Crippen molar-refractivity contribution in [1.82, 2.24) is 0 Å². The lowest BCUT2D eigenvalue weighted by Gasteiger charge is -2.71. The van der Waals surface area contributed by atoms with E-state index < -0.39 is 84.5 Å². The lowest BCUT2D eigenvalue weighted by atomic mass is 9.33. The fourth-order valence-corrected chi connectivity index (χ4v) is 11.9. The van der Waals surface area contributed by atoms with E-state index in [-0.39, 0.29) is 40.8 Å². The van der Waals surface area contributed by atoms with Gasteiger partial charge >= 0.3 is 0 Å². The molecule has 0 radical (unpaired) electrons. The zero-order valence-electron chi connectivity index (χ0n) is 28.1. The zero-order chi connectivity index (χ0) is 33.8. The van der Waals surface area contributed by atoms with Crippen LogP contribution in [0.4, 0.5) is 0 Å². The normalized spacial score (nSPS) is 52.9. The largest absolute Gasteiger partial charge is 0.396 e. The van der Waals surface area contributed by atoms with Crippen LogP contribution >= 0.6 is 0 Å². The van der Waals surface area contributed by atoms with Gasteiger partial charge in [0.2, 0.25) is 0 Å². The summed E-state index contributed by atoms with van der Waals surface area (Å²) in [6.45, 7) is 9.55. The van der Waals surface area contributed by atoms with E-state index in [9.17, 15) is 40.5 Å². The van der Waals surface area contributed by atoms with Crippen LogP contribution in [0.3, 0.4) is 0 Å². The summed E-state index contributed by atoms with van der Waals surface area (Å²) in [6.07, 6.45) is -2.47. The molecule has 0 unspecified atom stereocenters. The predicted octanol–water partition coefficient (Wildman–Crippen LogP) is 0.779. The van der Waals surface area contributed by atoms with Gasteiger partial charge in [-0.3, -0.25) is 4.79 Å². The van der Waals surface area contributed by atoms with Gasteiger partial charge in [-0.1, -0.05) is 46.3 Å².